The number of ether oxygens (including phenoxy) is 2. The Balaban J connectivity index is 1.87. The minimum Gasteiger partial charge on any atom is -0.497 e. The first kappa shape index (κ1) is 31.8. The van der Waals surface area contributed by atoms with Gasteiger partial charge in [-0.05, 0) is 48.2 Å². The van der Waals surface area contributed by atoms with Crippen molar-refractivity contribution in [2.45, 2.75) is 57.2 Å². The van der Waals surface area contributed by atoms with Crippen molar-refractivity contribution in [3.63, 3.8) is 0 Å². The molecule has 2 N–H and O–H groups in total. The maximum atomic E-state index is 15.1. The minimum atomic E-state index is -4.60. The summed E-state index contributed by atoms with van der Waals surface area (Å²) in [6, 6.07) is 5.45. The zero-order valence-electron chi connectivity index (χ0n) is 22.7. The molecule has 3 rings (SSSR count). The number of carboxylic acid groups (broad SMARTS) is 1. The topological polar surface area (TPSA) is 105 Å². The van der Waals surface area contributed by atoms with Gasteiger partial charge in [-0.2, -0.15) is 13.2 Å². The smallest absolute Gasteiger partial charge is 0.411 e. The second-order valence-corrected chi connectivity index (χ2v) is 10.3. The van der Waals surface area contributed by atoms with Gasteiger partial charge < -0.3 is 24.8 Å². The number of nitrogens with one attached hydrogen (secondary N) is 1. The highest BCUT2D eigenvalue weighted by atomic mass is 19.4. The molecule has 0 aliphatic carbocycles. The van der Waals surface area contributed by atoms with E-state index in [-0.39, 0.29) is 31.5 Å². The van der Waals surface area contributed by atoms with E-state index in [0.717, 1.165) is 17.7 Å². The molecule has 0 spiro atoms. The first-order chi connectivity index (χ1) is 19.1. The van der Waals surface area contributed by atoms with Gasteiger partial charge in [-0.15, -0.1) is 0 Å². The van der Waals surface area contributed by atoms with Crippen LogP contribution < -0.4 is 10.1 Å². The fourth-order valence-corrected chi connectivity index (χ4v) is 4.81. The third kappa shape index (κ3) is 8.15. The van der Waals surface area contributed by atoms with E-state index >= 15 is 8.78 Å². The number of carbonyl (C=O) groups is 3. The molecule has 1 atom stereocenters. The molecule has 41 heavy (non-hydrogen) atoms. The van der Waals surface area contributed by atoms with Crippen molar-refractivity contribution in [2.24, 2.45) is 0 Å². The van der Waals surface area contributed by atoms with Crippen LogP contribution in [-0.2, 0) is 31.0 Å². The number of alkyl halides is 3. The molecular formula is C28H31F5N2O6. The molecule has 2 aromatic carbocycles. The van der Waals surface area contributed by atoms with Crippen molar-refractivity contribution in [3.05, 3.63) is 58.7 Å². The zero-order chi connectivity index (χ0) is 30.5. The standard InChI is InChI=1S/C28H31F5N2O6/c1-27(2,14-41-15-28(31,32)33)24-20(29)12-17(13-21(24)30)34-26(39)25-19-8-7-18(40-3)11-16(19)9-10-35(25)22(36)5-4-6-23(37)38/h7-8,11-13,25H,4-6,9-10,14-15H2,1-3H3,(H,34,39)(H,37,38)/t25-/m1/s1. The van der Waals surface area contributed by atoms with E-state index in [2.05, 4.69) is 10.1 Å². The average molecular weight is 587 g/mol. The Kier molecular flexibility index (Phi) is 9.95. The molecule has 0 radical (unpaired) electrons. The second-order valence-electron chi connectivity index (χ2n) is 10.3. The van der Waals surface area contributed by atoms with E-state index in [0.29, 0.717) is 17.7 Å². The van der Waals surface area contributed by atoms with Crippen LogP contribution in [0.5, 0.6) is 5.75 Å². The van der Waals surface area contributed by atoms with Gasteiger partial charge in [0.1, 0.15) is 30.0 Å². The van der Waals surface area contributed by atoms with E-state index in [1.54, 1.807) is 18.2 Å². The summed E-state index contributed by atoms with van der Waals surface area (Å²) < 4.78 is 77.4. The number of rotatable bonds is 11. The predicted molar refractivity (Wildman–Crippen MR) is 138 cm³/mol. The molecule has 1 aliphatic rings. The number of anilines is 1. The number of aliphatic carboxylic acids is 1. The van der Waals surface area contributed by atoms with Gasteiger partial charge in [0, 0.05) is 36.1 Å². The van der Waals surface area contributed by atoms with Crippen molar-refractivity contribution in [1.29, 1.82) is 0 Å². The first-order valence-corrected chi connectivity index (χ1v) is 12.8. The minimum absolute atomic E-state index is 0.0643. The van der Waals surface area contributed by atoms with Crippen LogP contribution in [0, 0.1) is 11.6 Å². The summed E-state index contributed by atoms with van der Waals surface area (Å²) in [5, 5.41) is 11.3. The van der Waals surface area contributed by atoms with Gasteiger partial charge in [0.25, 0.3) is 5.91 Å². The first-order valence-electron chi connectivity index (χ1n) is 12.8. The van der Waals surface area contributed by atoms with Gasteiger partial charge in [0.15, 0.2) is 0 Å². The summed E-state index contributed by atoms with van der Waals surface area (Å²) in [5.41, 5.74) is -1.04. The monoisotopic (exact) mass is 586 g/mol. The molecule has 224 valence electrons. The van der Waals surface area contributed by atoms with E-state index < -0.39 is 65.8 Å². The lowest BCUT2D eigenvalue weighted by molar-refractivity contribution is -0.177. The van der Waals surface area contributed by atoms with E-state index in [9.17, 15) is 27.6 Å². The highest BCUT2D eigenvalue weighted by Crippen LogP contribution is 2.35. The van der Waals surface area contributed by atoms with Crippen LogP contribution in [0.1, 0.15) is 55.8 Å². The van der Waals surface area contributed by atoms with Crippen LogP contribution in [-0.4, -0.2) is 60.8 Å². The van der Waals surface area contributed by atoms with Gasteiger partial charge in [-0.25, -0.2) is 8.78 Å². The number of benzene rings is 2. The number of carbonyl (C=O) groups excluding carboxylic acids is 2. The lowest BCUT2D eigenvalue weighted by Crippen LogP contribution is -2.45. The van der Waals surface area contributed by atoms with Crippen LogP contribution >= 0.6 is 0 Å². The van der Waals surface area contributed by atoms with E-state index in [1.165, 1.54) is 25.9 Å². The van der Waals surface area contributed by atoms with E-state index in [4.69, 9.17) is 9.84 Å². The quantitative estimate of drug-likeness (QED) is 0.353. The van der Waals surface area contributed by atoms with Crippen LogP contribution in [0.2, 0.25) is 0 Å². The average Bonchev–Trinajstić information content (AvgIpc) is 2.85. The fraction of sp³-hybridized carbons (Fsp3) is 0.464. The molecule has 13 heteroatoms. The normalized spacial score (nSPS) is 15.3. The summed E-state index contributed by atoms with van der Waals surface area (Å²) in [7, 11) is 1.48. The maximum Gasteiger partial charge on any atom is 0.411 e. The Bertz CT molecular complexity index is 1270. The van der Waals surface area contributed by atoms with Crippen molar-refractivity contribution in [3.8, 4) is 5.75 Å². The van der Waals surface area contributed by atoms with Gasteiger partial charge in [0.05, 0.1) is 13.7 Å². The highest BCUT2D eigenvalue weighted by Gasteiger charge is 2.37. The number of amides is 2. The molecule has 0 aromatic heterocycles. The van der Waals surface area contributed by atoms with Crippen LogP contribution in [0.15, 0.2) is 30.3 Å². The molecule has 0 saturated heterocycles. The van der Waals surface area contributed by atoms with Gasteiger partial charge in [-0.3, -0.25) is 14.4 Å². The number of fused-ring (bicyclic) bond motifs is 1. The molecule has 0 fully saturated rings. The van der Waals surface area contributed by atoms with Gasteiger partial charge >= 0.3 is 12.1 Å². The van der Waals surface area contributed by atoms with Crippen LogP contribution in [0.3, 0.4) is 0 Å². The Morgan fingerprint density at radius 3 is 2.29 bits per heavy atom. The summed E-state index contributed by atoms with van der Waals surface area (Å²) in [5.74, 6) is -3.95. The van der Waals surface area contributed by atoms with Crippen LogP contribution in [0.25, 0.3) is 0 Å². The molecule has 1 aliphatic heterocycles. The molecule has 0 unspecified atom stereocenters. The lowest BCUT2D eigenvalue weighted by atomic mass is 9.84. The summed E-state index contributed by atoms with van der Waals surface area (Å²) >= 11 is 0. The van der Waals surface area contributed by atoms with Crippen molar-refractivity contribution in [2.75, 3.05) is 32.2 Å². The van der Waals surface area contributed by atoms with Crippen LogP contribution in [0.4, 0.5) is 27.6 Å². The number of carboxylic acids is 1. The van der Waals surface area contributed by atoms with Gasteiger partial charge in [0.2, 0.25) is 5.91 Å². The number of hydrogen-bond donors (Lipinski definition) is 2. The number of hydrogen-bond acceptors (Lipinski definition) is 5. The van der Waals surface area contributed by atoms with Crippen molar-refractivity contribution >= 4 is 23.5 Å². The summed E-state index contributed by atoms with van der Waals surface area (Å²) in [6.07, 6.45) is -4.49. The molecule has 1 heterocycles. The van der Waals surface area contributed by atoms with Gasteiger partial charge in [-0.1, -0.05) is 19.9 Å². The number of methoxy groups -OCH3 is 1. The Morgan fingerprint density at radius 2 is 1.71 bits per heavy atom. The highest BCUT2D eigenvalue weighted by molar-refractivity contribution is 5.98. The molecule has 0 bridgehead atoms. The third-order valence-corrected chi connectivity index (χ3v) is 6.64. The largest absolute Gasteiger partial charge is 0.497 e. The fourth-order valence-electron chi connectivity index (χ4n) is 4.81. The molecule has 2 aromatic rings. The van der Waals surface area contributed by atoms with E-state index in [1.807, 2.05) is 0 Å². The lowest BCUT2D eigenvalue weighted by Gasteiger charge is -2.36. The summed E-state index contributed by atoms with van der Waals surface area (Å²) in [4.78, 5) is 38.7. The maximum absolute atomic E-state index is 15.1. The Hall–Kier alpha value is -3.74. The zero-order valence-corrected chi connectivity index (χ0v) is 22.7. The van der Waals surface area contributed by atoms with Crippen molar-refractivity contribution in [1.82, 2.24) is 4.90 Å². The Morgan fingerprint density at radius 1 is 1.05 bits per heavy atom. The molecular weight excluding hydrogens is 555 g/mol. The summed E-state index contributed by atoms with van der Waals surface area (Å²) in [6.45, 7) is 0.591. The number of halogens is 5. The Labute approximate surface area is 233 Å². The van der Waals surface area contributed by atoms with Crippen molar-refractivity contribution < 1.29 is 50.9 Å². The SMILES string of the molecule is COc1ccc2c(c1)CCN(C(=O)CCCC(=O)O)[C@H]2C(=O)Nc1cc(F)c(C(C)(C)COCC(F)(F)F)c(F)c1. The number of nitrogens with zero attached hydrogens (tertiary/aromatic N) is 1. The second kappa shape index (κ2) is 12.8. The third-order valence-electron chi connectivity index (χ3n) is 6.64. The predicted octanol–water partition coefficient (Wildman–Crippen LogP) is 5.15. The molecule has 8 nitrogen and oxygen atoms in total. The molecule has 0 saturated carbocycles. The molecule has 2 amide bonds.